The van der Waals surface area contributed by atoms with Crippen molar-refractivity contribution in [1.29, 1.82) is 0 Å². The summed E-state index contributed by atoms with van der Waals surface area (Å²) in [7, 11) is 2.96. The van der Waals surface area contributed by atoms with Crippen molar-refractivity contribution in [3.05, 3.63) is 40.3 Å². The van der Waals surface area contributed by atoms with E-state index in [1.807, 2.05) is 0 Å². The number of rotatable bonds is 5. The number of nitrogens with one attached hydrogen (secondary N) is 2. The van der Waals surface area contributed by atoms with Gasteiger partial charge in [-0.25, -0.2) is 9.37 Å². The highest BCUT2D eigenvalue weighted by molar-refractivity contribution is 5.70. The van der Waals surface area contributed by atoms with Crippen molar-refractivity contribution in [3.8, 4) is 5.75 Å². The Morgan fingerprint density at radius 3 is 2.81 bits per heavy atom. The molecule has 0 bridgehead atoms. The Morgan fingerprint density at radius 2 is 2.19 bits per heavy atom. The van der Waals surface area contributed by atoms with Gasteiger partial charge in [0.05, 0.1) is 17.7 Å². The van der Waals surface area contributed by atoms with Gasteiger partial charge in [-0.05, 0) is 12.1 Å². The van der Waals surface area contributed by atoms with Crippen molar-refractivity contribution >= 4 is 23.1 Å². The molecule has 2 rings (SSSR count). The van der Waals surface area contributed by atoms with Gasteiger partial charge in [0.1, 0.15) is 17.8 Å². The number of nitro groups is 1. The number of methoxy groups -OCH3 is 1. The van der Waals surface area contributed by atoms with E-state index in [-0.39, 0.29) is 23.2 Å². The zero-order chi connectivity index (χ0) is 15.4. The van der Waals surface area contributed by atoms with Gasteiger partial charge in [-0.3, -0.25) is 10.1 Å². The van der Waals surface area contributed by atoms with Gasteiger partial charge in [0, 0.05) is 13.1 Å². The molecule has 0 saturated heterocycles. The normalized spacial score (nSPS) is 10.0. The third-order valence-corrected chi connectivity index (χ3v) is 2.61. The third-order valence-electron chi connectivity index (χ3n) is 2.61. The number of benzene rings is 1. The molecule has 21 heavy (non-hydrogen) atoms. The van der Waals surface area contributed by atoms with Crippen LogP contribution >= 0.6 is 0 Å². The second-order valence-electron chi connectivity index (χ2n) is 3.90. The minimum Gasteiger partial charge on any atom is -0.494 e. The molecule has 0 spiro atoms. The Balaban J connectivity index is 2.45. The van der Waals surface area contributed by atoms with Gasteiger partial charge in [-0.2, -0.15) is 4.98 Å². The van der Waals surface area contributed by atoms with Gasteiger partial charge < -0.3 is 15.4 Å². The van der Waals surface area contributed by atoms with Crippen molar-refractivity contribution in [2.75, 3.05) is 24.8 Å². The molecular weight excluding hydrogens is 281 g/mol. The van der Waals surface area contributed by atoms with Gasteiger partial charge >= 0.3 is 5.69 Å². The van der Waals surface area contributed by atoms with Crippen LogP contribution in [-0.4, -0.2) is 29.0 Å². The SMILES string of the molecule is CNc1ncc([N+](=O)[O-])c(Nc2ccc(F)cc2OC)n1. The highest BCUT2D eigenvalue weighted by atomic mass is 19.1. The monoisotopic (exact) mass is 293 g/mol. The van der Waals surface area contributed by atoms with Crippen LogP contribution in [0.25, 0.3) is 0 Å². The molecule has 1 aromatic carbocycles. The quantitative estimate of drug-likeness (QED) is 0.644. The summed E-state index contributed by atoms with van der Waals surface area (Å²) in [5, 5.41) is 16.4. The Hall–Kier alpha value is -2.97. The number of ether oxygens (including phenoxy) is 1. The lowest BCUT2D eigenvalue weighted by Crippen LogP contribution is -2.05. The summed E-state index contributed by atoms with van der Waals surface area (Å²) in [5.41, 5.74) is 0.0446. The van der Waals surface area contributed by atoms with Crippen molar-refractivity contribution < 1.29 is 14.1 Å². The van der Waals surface area contributed by atoms with E-state index >= 15 is 0 Å². The van der Waals surface area contributed by atoms with Crippen LogP contribution in [0.15, 0.2) is 24.4 Å². The third kappa shape index (κ3) is 3.14. The highest BCUT2D eigenvalue weighted by Crippen LogP contribution is 2.31. The molecule has 0 unspecified atom stereocenters. The average molecular weight is 293 g/mol. The summed E-state index contributed by atoms with van der Waals surface area (Å²) in [6.07, 6.45) is 1.08. The maximum Gasteiger partial charge on any atom is 0.329 e. The second-order valence-corrected chi connectivity index (χ2v) is 3.90. The van der Waals surface area contributed by atoms with E-state index in [1.54, 1.807) is 7.05 Å². The van der Waals surface area contributed by atoms with Gasteiger partial charge in [-0.15, -0.1) is 0 Å². The minimum absolute atomic E-state index is 0.0238. The topological polar surface area (TPSA) is 102 Å². The first-order valence-corrected chi connectivity index (χ1v) is 5.85. The Labute approximate surface area is 119 Å². The standard InChI is InChI=1S/C12H12FN5O3/c1-14-12-15-6-9(18(19)20)11(17-12)16-8-4-3-7(13)5-10(8)21-2/h3-6H,1-2H3,(H2,14,15,16,17). The summed E-state index contributed by atoms with van der Waals surface area (Å²) in [6.45, 7) is 0. The van der Waals surface area contributed by atoms with Crippen LogP contribution in [0, 0.1) is 15.9 Å². The van der Waals surface area contributed by atoms with Crippen molar-refractivity contribution in [1.82, 2.24) is 9.97 Å². The highest BCUT2D eigenvalue weighted by Gasteiger charge is 2.18. The smallest absolute Gasteiger partial charge is 0.329 e. The van der Waals surface area contributed by atoms with E-state index in [0.29, 0.717) is 5.69 Å². The number of hydrogen-bond acceptors (Lipinski definition) is 7. The zero-order valence-corrected chi connectivity index (χ0v) is 11.3. The molecule has 9 heteroatoms. The van der Waals surface area contributed by atoms with E-state index in [1.165, 1.54) is 19.2 Å². The van der Waals surface area contributed by atoms with Crippen LogP contribution in [0.4, 0.5) is 27.5 Å². The summed E-state index contributed by atoms with van der Waals surface area (Å²) in [4.78, 5) is 18.1. The first-order valence-electron chi connectivity index (χ1n) is 5.85. The maximum absolute atomic E-state index is 13.1. The van der Waals surface area contributed by atoms with Gasteiger partial charge in [0.15, 0.2) is 0 Å². The van der Waals surface area contributed by atoms with Crippen LogP contribution in [0.3, 0.4) is 0 Å². The van der Waals surface area contributed by atoms with Crippen LogP contribution in [0.5, 0.6) is 5.75 Å². The van der Waals surface area contributed by atoms with E-state index in [9.17, 15) is 14.5 Å². The van der Waals surface area contributed by atoms with E-state index in [0.717, 1.165) is 12.3 Å². The first kappa shape index (κ1) is 14.4. The molecule has 0 radical (unpaired) electrons. The molecule has 8 nitrogen and oxygen atoms in total. The molecule has 0 amide bonds. The predicted octanol–water partition coefficient (Wildman–Crippen LogP) is 2.32. The van der Waals surface area contributed by atoms with Crippen molar-refractivity contribution in [3.63, 3.8) is 0 Å². The fourth-order valence-corrected chi connectivity index (χ4v) is 1.62. The Kier molecular flexibility index (Phi) is 4.12. The largest absolute Gasteiger partial charge is 0.494 e. The van der Waals surface area contributed by atoms with E-state index in [2.05, 4.69) is 20.6 Å². The molecule has 0 aliphatic carbocycles. The van der Waals surface area contributed by atoms with Gasteiger partial charge in [0.2, 0.25) is 11.8 Å². The molecule has 0 aliphatic rings. The van der Waals surface area contributed by atoms with E-state index < -0.39 is 10.7 Å². The molecule has 110 valence electrons. The fraction of sp³-hybridized carbons (Fsp3) is 0.167. The lowest BCUT2D eigenvalue weighted by atomic mass is 10.2. The molecular formula is C12H12FN5O3. The first-order chi connectivity index (χ1) is 10.0. The van der Waals surface area contributed by atoms with Gasteiger partial charge in [0.25, 0.3) is 0 Å². The number of hydrogen-bond donors (Lipinski definition) is 2. The fourth-order valence-electron chi connectivity index (χ4n) is 1.62. The Bertz CT molecular complexity index is 680. The average Bonchev–Trinajstić information content (AvgIpc) is 2.48. The molecule has 1 aromatic heterocycles. The predicted molar refractivity (Wildman–Crippen MR) is 74.5 cm³/mol. The number of aromatic nitrogens is 2. The molecule has 1 heterocycles. The lowest BCUT2D eigenvalue weighted by molar-refractivity contribution is -0.384. The van der Waals surface area contributed by atoms with Crippen molar-refractivity contribution in [2.45, 2.75) is 0 Å². The summed E-state index contributed by atoms with van der Waals surface area (Å²) >= 11 is 0. The Morgan fingerprint density at radius 1 is 1.43 bits per heavy atom. The van der Waals surface area contributed by atoms with Crippen LogP contribution < -0.4 is 15.4 Å². The van der Waals surface area contributed by atoms with Gasteiger partial charge in [-0.1, -0.05) is 0 Å². The molecule has 0 saturated carbocycles. The maximum atomic E-state index is 13.1. The van der Waals surface area contributed by atoms with E-state index in [4.69, 9.17) is 4.74 Å². The molecule has 0 aliphatic heterocycles. The number of nitrogens with zero attached hydrogens (tertiary/aromatic N) is 3. The number of halogens is 1. The minimum atomic E-state index is -0.613. The number of anilines is 3. The van der Waals surface area contributed by atoms with Crippen LogP contribution in [-0.2, 0) is 0 Å². The summed E-state index contributed by atoms with van der Waals surface area (Å²) < 4.78 is 18.2. The summed E-state index contributed by atoms with van der Waals surface area (Å²) in [5.74, 6) is -0.0899. The molecule has 2 aromatic rings. The molecule has 0 fully saturated rings. The lowest BCUT2D eigenvalue weighted by Gasteiger charge is -2.11. The van der Waals surface area contributed by atoms with Crippen molar-refractivity contribution in [2.24, 2.45) is 0 Å². The van der Waals surface area contributed by atoms with Crippen LogP contribution in [0.1, 0.15) is 0 Å². The molecule has 2 N–H and O–H groups in total. The summed E-state index contributed by atoms with van der Waals surface area (Å²) in [6, 6.07) is 3.77. The molecule has 0 atom stereocenters. The second kappa shape index (κ2) is 5.99. The zero-order valence-electron chi connectivity index (χ0n) is 11.3. The van der Waals surface area contributed by atoms with Crippen LogP contribution in [0.2, 0.25) is 0 Å².